The standard InChI is InChI=1S/C5H7N3O2S/c1-11(9,10)8-5-3-2-4-6-7-5/h2-4H,1H3,(H,7,8). The van der Waals surface area contributed by atoms with Gasteiger partial charge in [-0.05, 0) is 12.1 Å². The third-order valence-electron chi connectivity index (χ3n) is 0.862. The Balaban J connectivity index is 2.82. The van der Waals surface area contributed by atoms with Crippen LogP contribution in [0.15, 0.2) is 18.3 Å². The van der Waals surface area contributed by atoms with Crippen LogP contribution >= 0.6 is 0 Å². The van der Waals surface area contributed by atoms with E-state index in [1.807, 2.05) is 0 Å². The summed E-state index contributed by atoms with van der Waals surface area (Å²) >= 11 is 0. The lowest BCUT2D eigenvalue weighted by molar-refractivity contribution is 0.606. The summed E-state index contributed by atoms with van der Waals surface area (Å²) in [6.45, 7) is 0. The van der Waals surface area contributed by atoms with E-state index in [9.17, 15) is 8.42 Å². The quantitative estimate of drug-likeness (QED) is 0.675. The highest BCUT2D eigenvalue weighted by Gasteiger charge is 2.00. The van der Waals surface area contributed by atoms with Crippen LogP contribution in [0.3, 0.4) is 0 Å². The molecule has 0 aliphatic heterocycles. The van der Waals surface area contributed by atoms with Gasteiger partial charge in [-0.25, -0.2) is 8.42 Å². The highest BCUT2D eigenvalue weighted by atomic mass is 32.2. The highest BCUT2D eigenvalue weighted by Crippen LogP contribution is 1.99. The molecule has 0 spiro atoms. The van der Waals surface area contributed by atoms with Gasteiger partial charge >= 0.3 is 0 Å². The topological polar surface area (TPSA) is 72.0 Å². The Labute approximate surface area is 64.5 Å². The number of aromatic nitrogens is 2. The Bertz CT molecular complexity index is 321. The van der Waals surface area contributed by atoms with Gasteiger partial charge in [0.25, 0.3) is 0 Å². The molecule has 0 aromatic carbocycles. The molecule has 1 aromatic heterocycles. The molecular formula is C5H7N3O2S. The summed E-state index contributed by atoms with van der Waals surface area (Å²) in [6.07, 6.45) is 2.52. The Hall–Kier alpha value is -1.17. The van der Waals surface area contributed by atoms with Crippen molar-refractivity contribution in [2.24, 2.45) is 0 Å². The number of hydrogen-bond acceptors (Lipinski definition) is 4. The van der Waals surface area contributed by atoms with Gasteiger partial charge in [-0.15, -0.1) is 5.10 Å². The number of sulfonamides is 1. The second kappa shape index (κ2) is 2.83. The van der Waals surface area contributed by atoms with Crippen molar-refractivity contribution in [1.29, 1.82) is 0 Å². The minimum Gasteiger partial charge on any atom is -0.266 e. The van der Waals surface area contributed by atoms with Gasteiger partial charge in [0.05, 0.1) is 6.26 Å². The largest absolute Gasteiger partial charge is 0.266 e. The summed E-state index contributed by atoms with van der Waals surface area (Å²) in [4.78, 5) is 0. The average molecular weight is 173 g/mol. The van der Waals surface area contributed by atoms with Crippen molar-refractivity contribution in [3.8, 4) is 0 Å². The molecule has 0 amide bonds. The van der Waals surface area contributed by atoms with Gasteiger partial charge in [-0.3, -0.25) is 4.72 Å². The molecule has 0 bridgehead atoms. The summed E-state index contributed by atoms with van der Waals surface area (Å²) in [5, 5.41) is 7.02. The lowest BCUT2D eigenvalue weighted by Gasteiger charge is -1.98. The molecule has 1 aromatic rings. The summed E-state index contributed by atoms with van der Waals surface area (Å²) < 4.78 is 23.4. The lowest BCUT2D eigenvalue weighted by atomic mass is 10.6. The third kappa shape index (κ3) is 2.94. The van der Waals surface area contributed by atoms with E-state index in [0.29, 0.717) is 0 Å². The molecule has 0 atom stereocenters. The number of anilines is 1. The second-order valence-corrected chi connectivity index (χ2v) is 3.73. The normalized spacial score (nSPS) is 11.0. The van der Waals surface area contributed by atoms with Gasteiger partial charge in [-0.2, -0.15) is 5.10 Å². The van der Waals surface area contributed by atoms with E-state index in [2.05, 4.69) is 14.9 Å². The van der Waals surface area contributed by atoms with Crippen LogP contribution in [0, 0.1) is 0 Å². The van der Waals surface area contributed by atoms with Crippen LogP contribution in [0.25, 0.3) is 0 Å². The van der Waals surface area contributed by atoms with E-state index in [1.165, 1.54) is 12.3 Å². The summed E-state index contributed by atoms with van der Waals surface area (Å²) in [7, 11) is -3.23. The SMILES string of the molecule is CS(=O)(=O)Nc1cccnn1. The molecule has 0 fully saturated rings. The van der Waals surface area contributed by atoms with Gasteiger partial charge in [0.15, 0.2) is 5.82 Å². The van der Waals surface area contributed by atoms with Crippen LogP contribution in [-0.2, 0) is 10.0 Å². The molecule has 0 saturated heterocycles. The number of rotatable bonds is 2. The zero-order valence-electron chi connectivity index (χ0n) is 5.85. The predicted molar refractivity (Wildman–Crippen MR) is 40.5 cm³/mol. The first kappa shape index (κ1) is 7.93. The van der Waals surface area contributed by atoms with Crippen molar-refractivity contribution in [2.45, 2.75) is 0 Å². The smallest absolute Gasteiger partial charge is 0.231 e. The van der Waals surface area contributed by atoms with Crippen molar-refractivity contribution in [3.63, 3.8) is 0 Å². The molecule has 1 heterocycles. The molecule has 0 aliphatic carbocycles. The van der Waals surface area contributed by atoms with Crippen LogP contribution in [0.4, 0.5) is 5.82 Å². The molecule has 5 nitrogen and oxygen atoms in total. The Kier molecular flexibility index (Phi) is 2.04. The first-order valence-corrected chi connectivity index (χ1v) is 4.72. The van der Waals surface area contributed by atoms with E-state index in [4.69, 9.17) is 0 Å². The fourth-order valence-electron chi connectivity index (χ4n) is 0.546. The van der Waals surface area contributed by atoms with E-state index in [1.54, 1.807) is 6.07 Å². The van der Waals surface area contributed by atoms with E-state index < -0.39 is 10.0 Å². The van der Waals surface area contributed by atoms with Crippen LogP contribution < -0.4 is 4.72 Å². The molecule has 0 saturated carbocycles. The molecule has 11 heavy (non-hydrogen) atoms. The molecular weight excluding hydrogens is 166 g/mol. The maximum Gasteiger partial charge on any atom is 0.231 e. The average Bonchev–Trinajstić information content (AvgIpc) is 1.85. The van der Waals surface area contributed by atoms with Gasteiger partial charge in [0.1, 0.15) is 0 Å². The number of nitrogens with zero attached hydrogens (tertiary/aromatic N) is 2. The minimum absolute atomic E-state index is 0.231. The highest BCUT2D eigenvalue weighted by molar-refractivity contribution is 7.92. The van der Waals surface area contributed by atoms with Crippen molar-refractivity contribution in [3.05, 3.63) is 18.3 Å². The predicted octanol–water partition coefficient (Wildman–Crippen LogP) is -0.152. The monoisotopic (exact) mass is 173 g/mol. The zero-order valence-corrected chi connectivity index (χ0v) is 6.67. The lowest BCUT2D eigenvalue weighted by Crippen LogP contribution is -2.10. The fraction of sp³-hybridized carbons (Fsp3) is 0.200. The van der Waals surface area contributed by atoms with E-state index in [0.717, 1.165) is 6.26 Å². The van der Waals surface area contributed by atoms with Crippen molar-refractivity contribution < 1.29 is 8.42 Å². The van der Waals surface area contributed by atoms with E-state index in [-0.39, 0.29) is 5.82 Å². The Morgan fingerprint density at radius 2 is 2.27 bits per heavy atom. The molecule has 0 aliphatic rings. The fourth-order valence-corrected chi connectivity index (χ4v) is 1.03. The maximum atomic E-state index is 10.6. The van der Waals surface area contributed by atoms with Gasteiger partial charge < -0.3 is 0 Å². The van der Waals surface area contributed by atoms with Crippen molar-refractivity contribution in [2.75, 3.05) is 11.0 Å². The van der Waals surface area contributed by atoms with Gasteiger partial charge in [0, 0.05) is 6.20 Å². The molecule has 6 heteroatoms. The van der Waals surface area contributed by atoms with Gasteiger partial charge in [-0.1, -0.05) is 0 Å². The maximum absolute atomic E-state index is 10.6. The van der Waals surface area contributed by atoms with Crippen LogP contribution in [0.5, 0.6) is 0 Å². The first-order chi connectivity index (χ1) is 5.08. The summed E-state index contributed by atoms with van der Waals surface area (Å²) in [5.74, 6) is 0.231. The molecule has 1 N–H and O–H groups in total. The van der Waals surface area contributed by atoms with E-state index >= 15 is 0 Å². The van der Waals surface area contributed by atoms with Gasteiger partial charge in [0.2, 0.25) is 10.0 Å². The molecule has 60 valence electrons. The van der Waals surface area contributed by atoms with Crippen LogP contribution in [0.1, 0.15) is 0 Å². The van der Waals surface area contributed by atoms with Crippen molar-refractivity contribution in [1.82, 2.24) is 10.2 Å². The second-order valence-electron chi connectivity index (χ2n) is 1.98. The molecule has 0 unspecified atom stereocenters. The Morgan fingerprint density at radius 3 is 2.73 bits per heavy atom. The zero-order chi connectivity index (χ0) is 8.32. The van der Waals surface area contributed by atoms with Crippen LogP contribution in [-0.4, -0.2) is 24.9 Å². The van der Waals surface area contributed by atoms with Crippen molar-refractivity contribution >= 4 is 15.8 Å². The third-order valence-corrected chi connectivity index (χ3v) is 1.44. The summed E-state index contributed by atoms with van der Waals surface area (Å²) in [6, 6.07) is 3.12. The van der Waals surface area contributed by atoms with Crippen LogP contribution in [0.2, 0.25) is 0 Å². The molecule has 0 radical (unpaired) electrons. The minimum atomic E-state index is -3.23. The first-order valence-electron chi connectivity index (χ1n) is 2.83. The Morgan fingerprint density at radius 1 is 1.55 bits per heavy atom. The molecule has 1 rings (SSSR count). The number of nitrogens with one attached hydrogen (secondary N) is 1. The number of hydrogen-bond donors (Lipinski definition) is 1. The summed E-state index contributed by atoms with van der Waals surface area (Å²) in [5.41, 5.74) is 0.